The molecule has 1 heterocycles. The van der Waals surface area contributed by atoms with Crippen molar-refractivity contribution in [3.63, 3.8) is 0 Å². The average molecular weight is 332 g/mol. The van der Waals surface area contributed by atoms with Crippen LogP contribution in [0.1, 0.15) is 59.4 Å². The van der Waals surface area contributed by atoms with Gasteiger partial charge in [-0.25, -0.2) is 0 Å². The van der Waals surface area contributed by atoms with Gasteiger partial charge < -0.3 is 4.42 Å². The second kappa shape index (κ2) is 7.47. The number of rotatable bonds is 5. The van der Waals surface area contributed by atoms with Gasteiger partial charge in [0.15, 0.2) is 0 Å². The molecule has 0 fully saturated rings. The minimum absolute atomic E-state index is 0.476. The zero-order chi connectivity index (χ0) is 17.8. The fraction of sp³-hybridized carbons (Fsp3) is 0.273. The summed E-state index contributed by atoms with van der Waals surface area (Å²) in [4.78, 5) is 0. The van der Waals surface area contributed by atoms with E-state index in [0.29, 0.717) is 24.1 Å². The summed E-state index contributed by atoms with van der Waals surface area (Å²) in [7, 11) is 0. The highest BCUT2D eigenvalue weighted by molar-refractivity contribution is 5.68. The molecular formula is C22H24N2O. The minimum atomic E-state index is 0.476. The molecular weight excluding hydrogens is 308 g/mol. The molecule has 0 saturated heterocycles. The number of hydrogen-bond acceptors (Lipinski definition) is 3. The molecule has 2 aromatic carbocycles. The Morgan fingerprint density at radius 3 is 2.52 bits per heavy atom. The number of aromatic nitrogens is 2. The summed E-state index contributed by atoms with van der Waals surface area (Å²) >= 11 is 0. The van der Waals surface area contributed by atoms with Gasteiger partial charge in [0.2, 0.25) is 11.8 Å². The summed E-state index contributed by atoms with van der Waals surface area (Å²) in [6.45, 7) is 8.62. The maximum Gasteiger partial charge on any atom is 0.240 e. The van der Waals surface area contributed by atoms with Crippen LogP contribution in [-0.4, -0.2) is 10.2 Å². The van der Waals surface area contributed by atoms with E-state index in [1.165, 1.54) is 27.8 Å². The average Bonchev–Trinajstić information content (AvgIpc) is 3.04. The molecule has 0 radical (unpaired) electrons. The SMILES string of the molecule is Cc1ccc(Cc2nnc(/C=C/c3ccccc3C(C)C)o2)cc1C. The van der Waals surface area contributed by atoms with Crippen molar-refractivity contribution in [2.24, 2.45) is 0 Å². The van der Waals surface area contributed by atoms with Gasteiger partial charge in [-0.3, -0.25) is 0 Å². The molecule has 0 bridgehead atoms. The lowest BCUT2D eigenvalue weighted by Gasteiger charge is -2.08. The lowest BCUT2D eigenvalue weighted by Crippen LogP contribution is -1.90. The van der Waals surface area contributed by atoms with Crippen LogP contribution < -0.4 is 0 Å². The summed E-state index contributed by atoms with van der Waals surface area (Å²) in [5.41, 5.74) is 6.26. The number of benzene rings is 2. The lowest BCUT2D eigenvalue weighted by atomic mass is 9.97. The van der Waals surface area contributed by atoms with E-state index in [4.69, 9.17) is 4.42 Å². The van der Waals surface area contributed by atoms with Gasteiger partial charge in [0.05, 0.1) is 6.42 Å². The minimum Gasteiger partial charge on any atom is -0.421 e. The quantitative estimate of drug-likeness (QED) is 0.613. The van der Waals surface area contributed by atoms with E-state index in [0.717, 1.165) is 0 Å². The third kappa shape index (κ3) is 4.24. The van der Waals surface area contributed by atoms with Crippen LogP contribution in [0.25, 0.3) is 12.2 Å². The van der Waals surface area contributed by atoms with E-state index in [2.05, 4.69) is 74.3 Å². The van der Waals surface area contributed by atoms with Crippen molar-refractivity contribution in [1.82, 2.24) is 10.2 Å². The summed E-state index contributed by atoms with van der Waals surface area (Å²) < 4.78 is 5.77. The molecule has 0 N–H and O–H groups in total. The largest absolute Gasteiger partial charge is 0.421 e. The van der Waals surface area contributed by atoms with Gasteiger partial charge in [0.1, 0.15) is 0 Å². The Kier molecular flexibility index (Phi) is 5.13. The van der Waals surface area contributed by atoms with Crippen molar-refractivity contribution < 1.29 is 4.42 Å². The molecule has 0 aliphatic heterocycles. The predicted octanol–water partition coefficient (Wildman–Crippen LogP) is 5.57. The molecule has 0 unspecified atom stereocenters. The summed E-state index contributed by atoms with van der Waals surface area (Å²) in [6, 6.07) is 14.8. The Morgan fingerprint density at radius 1 is 0.960 bits per heavy atom. The van der Waals surface area contributed by atoms with Gasteiger partial charge >= 0.3 is 0 Å². The maximum absolute atomic E-state index is 5.77. The normalized spacial score (nSPS) is 11.6. The van der Waals surface area contributed by atoms with Crippen molar-refractivity contribution in [1.29, 1.82) is 0 Å². The molecule has 3 rings (SSSR count). The molecule has 0 saturated carbocycles. The van der Waals surface area contributed by atoms with Crippen LogP contribution in [0, 0.1) is 13.8 Å². The first-order valence-corrected chi connectivity index (χ1v) is 8.68. The summed E-state index contributed by atoms with van der Waals surface area (Å²) in [5.74, 6) is 1.65. The smallest absolute Gasteiger partial charge is 0.240 e. The molecule has 0 atom stereocenters. The van der Waals surface area contributed by atoms with Crippen LogP contribution >= 0.6 is 0 Å². The first-order chi connectivity index (χ1) is 12.0. The van der Waals surface area contributed by atoms with E-state index in [-0.39, 0.29) is 0 Å². The van der Waals surface area contributed by atoms with E-state index in [9.17, 15) is 0 Å². The van der Waals surface area contributed by atoms with E-state index in [1.54, 1.807) is 0 Å². The van der Waals surface area contributed by atoms with Crippen molar-refractivity contribution >= 4 is 12.2 Å². The second-order valence-electron chi connectivity index (χ2n) is 6.75. The number of nitrogens with zero attached hydrogens (tertiary/aromatic N) is 2. The first kappa shape index (κ1) is 17.2. The molecule has 3 nitrogen and oxygen atoms in total. The highest BCUT2D eigenvalue weighted by atomic mass is 16.4. The molecule has 0 aliphatic carbocycles. The Bertz CT molecular complexity index is 891. The first-order valence-electron chi connectivity index (χ1n) is 8.68. The molecule has 0 spiro atoms. The third-order valence-corrected chi connectivity index (χ3v) is 4.43. The van der Waals surface area contributed by atoms with Gasteiger partial charge in [0.25, 0.3) is 0 Å². The third-order valence-electron chi connectivity index (χ3n) is 4.43. The summed E-state index contributed by atoms with van der Waals surface area (Å²) in [6.07, 6.45) is 4.59. The molecule has 1 aromatic heterocycles. The molecule has 0 aliphatic rings. The number of aryl methyl sites for hydroxylation is 2. The van der Waals surface area contributed by atoms with E-state index < -0.39 is 0 Å². The Morgan fingerprint density at radius 2 is 1.76 bits per heavy atom. The molecule has 3 heteroatoms. The van der Waals surface area contributed by atoms with Crippen molar-refractivity contribution in [2.75, 3.05) is 0 Å². The van der Waals surface area contributed by atoms with Crippen LogP contribution in [0.15, 0.2) is 46.9 Å². The van der Waals surface area contributed by atoms with Crippen LogP contribution in [0.5, 0.6) is 0 Å². The Labute approximate surface area is 149 Å². The fourth-order valence-electron chi connectivity index (χ4n) is 2.84. The van der Waals surface area contributed by atoms with Crippen LogP contribution in [0.4, 0.5) is 0 Å². The van der Waals surface area contributed by atoms with Crippen LogP contribution in [-0.2, 0) is 6.42 Å². The fourth-order valence-corrected chi connectivity index (χ4v) is 2.84. The van der Waals surface area contributed by atoms with Crippen molar-refractivity contribution in [2.45, 2.75) is 40.0 Å². The van der Waals surface area contributed by atoms with Gasteiger partial charge in [-0.2, -0.15) is 0 Å². The zero-order valence-electron chi connectivity index (χ0n) is 15.3. The van der Waals surface area contributed by atoms with E-state index >= 15 is 0 Å². The Hall–Kier alpha value is -2.68. The van der Waals surface area contributed by atoms with Crippen LogP contribution in [0.2, 0.25) is 0 Å². The summed E-state index contributed by atoms with van der Waals surface area (Å²) in [5, 5.41) is 8.30. The highest BCUT2D eigenvalue weighted by Gasteiger charge is 2.07. The molecule has 3 aromatic rings. The lowest BCUT2D eigenvalue weighted by molar-refractivity contribution is 0.496. The molecule has 25 heavy (non-hydrogen) atoms. The molecule has 128 valence electrons. The second-order valence-corrected chi connectivity index (χ2v) is 6.75. The van der Waals surface area contributed by atoms with Crippen LogP contribution in [0.3, 0.4) is 0 Å². The van der Waals surface area contributed by atoms with Gasteiger partial charge in [-0.1, -0.05) is 56.3 Å². The van der Waals surface area contributed by atoms with E-state index in [1.807, 2.05) is 18.2 Å². The van der Waals surface area contributed by atoms with Gasteiger partial charge in [0, 0.05) is 6.08 Å². The van der Waals surface area contributed by atoms with Gasteiger partial charge in [-0.05, 0) is 53.7 Å². The topological polar surface area (TPSA) is 38.9 Å². The Balaban J connectivity index is 1.74. The zero-order valence-corrected chi connectivity index (χ0v) is 15.3. The van der Waals surface area contributed by atoms with Crippen molar-refractivity contribution in [3.8, 4) is 0 Å². The molecule has 0 amide bonds. The maximum atomic E-state index is 5.77. The standard InChI is InChI=1S/C22H24N2O/c1-15(2)20-8-6-5-7-19(20)11-12-21-23-24-22(25-21)14-18-10-9-16(3)17(4)13-18/h5-13,15H,14H2,1-4H3/b12-11+. The predicted molar refractivity (Wildman–Crippen MR) is 102 cm³/mol. The number of hydrogen-bond donors (Lipinski definition) is 0. The monoisotopic (exact) mass is 332 g/mol. The van der Waals surface area contributed by atoms with Gasteiger partial charge in [-0.15, -0.1) is 10.2 Å². The highest BCUT2D eigenvalue weighted by Crippen LogP contribution is 2.21. The van der Waals surface area contributed by atoms with Crippen molar-refractivity contribution in [3.05, 3.63) is 82.1 Å².